The maximum atomic E-state index is 9.82. The molecular formula is C26H28B2O4. The molecule has 0 aliphatic carbocycles. The summed E-state index contributed by atoms with van der Waals surface area (Å²) in [6.45, 7) is 13.2. The highest BCUT2D eigenvalue weighted by Crippen LogP contribution is 2.36. The standard InChI is InChI=1S/C26H28B2O4/c1-25(2,3)15-7-9-20-18(11-15)27-19-12-16(26(4,5)6)8-10-21(19)32-23-14-17(28(29)30)13-22(31-20)24(23)27/h7-14,29-30H,1-6H3. The molecule has 32 heavy (non-hydrogen) atoms. The van der Waals surface area contributed by atoms with E-state index >= 15 is 0 Å². The van der Waals surface area contributed by atoms with Gasteiger partial charge in [0.05, 0.1) is 0 Å². The van der Waals surface area contributed by atoms with E-state index in [1.165, 1.54) is 11.1 Å². The first-order valence-corrected chi connectivity index (χ1v) is 11.1. The Hall–Kier alpha value is -2.69. The molecule has 2 aliphatic heterocycles. The summed E-state index contributed by atoms with van der Waals surface area (Å²) in [6, 6.07) is 16.2. The average Bonchev–Trinajstić information content (AvgIpc) is 2.71. The molecule has 0 bridgehead atoms. The van der Waals surface area contributed by atoms with Crippen LogP contribution < -0.4 is 31.3 Å². The summed E-state index contributed by atoms with van der Waals surface area (Å²) in [7, 11) is -1.60. The molecule has 0 unspecified atom stereocenters. The molecule has 2 N–H and O–H groups in total. The molecule has 0 spiro atoms. The van der Waals surface area contributed by atoms with Crippen LogP contribution in [0.25, 0.3) is 0 Å². The van der Waals surface area contributed by atoms with Crippen molar-refractivity contribution in [2.24, 2.45) is 0 Å². The van der Waals surface area contributed by atoms with Crippen molar-refractivity contribution in [3.05, 3.63) is 59.7 Å². The summed E-state index contributed by atoms with van der Waals surface area (Å²) >= 11 is 0. The molecule has 0 fully saturated rings. The monoisotopic (exact) mass is 426 g/mol. The zero-order chi connectivity index (χ0) is 23.0. The van der Waals surface area contributed by atoms with Gasteiger partial charge in [0.15, 0.2) is 0 Å². The molecule has 0 aromatic heterocycles. The van der Waals surface area contributed by atoms with Crippen molar-refractivity contribution in [2.45, 2.75) is 52.4 Å². The van der Waals surface area contributed by atoms with Crippen molar-refractivity contribution in [1.82, 2.24) is 0 Å². The van der Waals surface area contributed by atoms with Gasteiger partial charge in [-0.3, -0.25) is 0 Å². The summed E-state index contributed by atoms with van der Waals surface area (Å²) in [4.78, 5) is 0. The van der Waals surface area contributed by atoms with E-state index in [1.54, 1.807) is 12.1 Å². The first kappa shape index (κ1) is 21.2. The first-order valence-electron chi connectivity index (χ1n) is 11.1. The Morgan fingerprint density at radius 2 is 1.09 bits per heavy atom. The number of ether oxygens (including phenoxy) is 2. The molecule has 2 aliphatic rings. The van der Waals surface area contributed by atoms with Crippen molar-refractivity contribution in [3.8, 4) is 23.0 Å². The van der Waals surface area contributed by atoms with Gasteiger partial charge in [0.2, 0.25) is 0 Å². The lowest BCUT2D eigenvalue weighted by Crippen LogP contribution is -2.58. The third-order valence-corrected chi connectivity index (χ3v) is 6.53. The Morgan fingerprint density at radius 1 is 0.656 bits per heavy atom. The third kappa shape index (κ3) is 3.33. The molecule has 0 atom stereocenters. The molecule has 0 amide bonds. The lowest BCUT2D eigenvalue weighted by atomic mass is 9.34. The Kier molecular flexibility index (Phi) is 4.57. The molecule has 6 heteroatoms. The second kappa shape index (κ2) is 6.90. The Bertz CT molecular complexity index is 1150. The van der Waals surface area contributed by atoms with Gasteiger partial charge in [-0.1, -0.05) is 65.8 Å². The van der Waals surface area contributed by atoms with E-state index in [2.05, 4.69) is 65.8 Å². The van der Waals surface area contributed by atoms with Gasteiger partial charge in [-0.05, 0) is 62.6 Å². The van der Waals surface area contributed by atoms with Gasteiger partial charge < -0.3 is 19.5 Å². The largest absolute Gasteiger partial charge is 0.488 e. The average molecular weight is 426 g/mol. The number of hydrogen-bond acceptors (Lipinski definition) is 4. The van der Waals surface area contributed by atoms with Gasteiger partial charge in [0.1, 0.15) is 23.0 Å². The highest BCUT2D eigenvalue weighted by molar-refractivity contribution is 6.98. The lowest BCUT2D eigenvalue weighted by molar-refractivity contribution is 0.423. The minimum atomic E-state index is -1.60. The molecular weight excluding hydrogens is 398 g/mol. The number of fused-ring (bicyclic) bond motifs is 4. The second-order valence-electron chi connectivity index (χ2n) is 10.9. The zero-order valence-corrected chi connectivity index (χ0v) is 19.5. The Labute approximate surface area is 190 Å². The summed E-state index contributed by atoms with van der Waals surface area (Å²) in [5.74, 6) is 2.80. The van der Waals surface area contributed by atoms with E-state index in [0.717, 1.165) is 27.9 Å². The number of rotatable bonds is 1. The minimum absolute atomic E-state index is 0.00421. The SMILES string of the molecule is CC(C)(C)c1ccc2c(c1)B1c3cc(C(C)(C)C)ccc3Oc3cc(B(O)O)cc(c31)O2. The molecule has 0 radical (unpaired) electrons. The van der Waals surface area contributed by atoms with Crippen LogP contribution in [0.5, 0.6) is 23.0 Å². The fraction of sp³-hybridized carbons (Fsp3) is 0.308. The first-order chi connectivity index (χ1) is 14.9. The van der Waals surface area contributed by atoms with Crippen LogP contribution in [0.1, 0.15) is 52.7 Å². The van der Waals surface area contributed by atoms with Crippen LogP contribution in [-0.4, -0.2) is 23.9 Å². The van der Waals surface area contributed by atoms with Crippen molar-refractivity contribution >= 4 is 35.7 Å². The molecule has 3 aromatic carbocycles. The third-order valence-electron chi connectivity index (χ3n) is 6.53. The van der Waals surface area contributed by atoms with Crippen LogP contribution >= 0.6 is 0 Å². The van der Waals surface area contributed by atoms with Crippen LogP contribution in [0.15, 0.2) is 48.5 Å². The van der Waals surface area contributed by atoms with E-state index in [4.69, 9.17) is 9.47 Å². The van der Waals surface area contributed by atoms with E-state index in [0.29, 0.717) is 17.0 Å². The fourth-order valence-corrected chi connectivity index (χ4v) is 4.61. The van der Waals surface area contributed by atoms with E-state index in [1.807, 2.05) is 12.1 Å². The predicted molar refractivity (Wildman–Crippen MR) is 131 cm³/mol. The summed E-state index contributed by atoms with van der Waals surface area (Å²) in [5.41, 5.74) is 6.00. The van der Waals surface area contributed by atoms with Crippen molar-refractivity contribution in [1.29, 1.82) is 0 Å². The molecule has 162 valence electrons. The van der Waals surface area contributed by atoms with E-state index in [9.17, 15) is 10.0 Å². The van der Waals surface area contributed by atoms with Crippen LogP contribution in [0.4, 0.5) is 0 Å². The molecule has 4 nitrogen and oxygen atoms in total. The van der Waals surface area contributed by atoms with Crippen molar-refractivity contribution in [3.63, 3.8) is 0 Å². The fourth-order valence-electron chi connectivity index (χ4n) is 4.61. The highest BCUT2D eigenvalue weighted by Gasteiger charge is 2.41. The van der Waals surface area contributed by atoms with Gasteiger partial charge in [-0.15, -0.1) is 0 Å². The number of hydrogen-bond donors (Lipinski definition) is 2. The maximum absolute atomic E-state index is 9.82. The topological polar surface area (TPSA) is 58.9 Å². The van der Waals surface area contributed by atoms with E-state index in [-0.39, 0.29) is 17.5 Å². The van der Waals surface area contributed by atoms with Crippen LogP contribution in [-0.2, 0) is 10.8 Å². The minimum Gasteiger partial charge on any atom is -0.458 e. The van der Waals surface area contributed by atoms with Crippen LogP contribution in [0.2, 0.25) is 0 Å². The molecule has 5 rings (SSSR count). The van der Waals surface area contributed by atoms with Crippen molar-refractivity contribution in [2.75, 3.05) is 0 Å². The van der Waals surface area contributed by atoms with Crippen molar-refractivity contribution < 1.29 is 19.5 Å². The summed E-state index contributed by atoms with van der Waals surface area (Å²) in [6.07, 6.45) is 0. The number of benzene rings is 3. The van der Waals surface area contributed by atoms with Gasteiger partial charge in [0.25, 0.3) is 6.71 Å². The van der Waals surface area contributed by atoms with E-state index < -0.39 is 7.12 Å². The zero-order valence-electron chi connectivity index (χ0n) is 19.5. The maximum Gasteiger partial charge on any atom is 0.488 e. The summed E-state index contributed by atoms with van der Waals surface area (Å²) in [5, 5.41) is 19.6. The molecule has 3 aromatic rings. The van der Waals surface area contributed by atoms with Gasteiger partial charge in [0, 0.05) is 5.46 Å². The highest BCUT2D eigenvalue weighted by atomic mass is 16.5. The smallest absolute Gasteiger partial charge is 0.458 e. The molecule has 2 heterocycles. The quantitative estimate of drug-likeness (QED) is 0.405. The predicted octanol–water partition coefficient (Wildman–Crippen LogP) is 2.69. The lowest BCUT2D eigenvalue weighted by Gasteiger charge is -2.35. The summed E-state index contributed by atoms with van der Waals surface area (Å²) < 4.78 is 12.6. The molecule has 0 saturated heterocycles. The van der Waals surface area contributed by atoms with Crippen LogP contribution in [0, 0.1) is 0 Å². The Morgan fingerprint density at radius 3 is 1.47 bits per heavy atom. The van der Waals surface area contributed by atoms with Gasteiger partial charge in [-0.25, -0.2) is 0 Å². The normalized spacial score (nSPS) is 14.1. The van der Waals surface area contributed by atoms with Crippen LogP contribution in [0.3, 0.4) is 0 Å². The molecule has 0 saturated carbocycles. The van der Waals surface area contributed by atoms with Gasteiger partial charge >= 0.3 is 7.12 Å². The van der Waals surface area contributed by atoms with Gasteiger partial charge in [-0.2, -0.15) is 0 Å². The second-order valence-corrected chi connectivity index (χ2v) is 10.9. The Balaban J connectivity index is 1.80.